The zero-order valence-corrected chi connectivity index (χ0v) is 34.4. The monoisotopic (exact) mass is 788 g/mol. The molecule has 0 aromatic heterocycles. The summed E-state index contributed by atoms with van der Waals surface area (Å²) in [6.45, 7) is 15.4. The van der Waals surface area contributed by atoms with E-state index in [1.807, 2.05) is 50.2 Å². The molecule has 15 heteroatoms. The van der Waals surface area contributed by atoms with E-state index in [1.165, 1.54) is 0 Å². The van der Waals surface area contributed by atoms with Crippen LogP contribution in [0.15, 0.2) is 72.8 Å². The smallest absolute Gasteiger partial charge is 0.328 e. The van der Waals surface area contributed by atoms with Gasteiger partial charge in [0.2, 0.25) is 11.8 Å². The molecule has 2 atom stereocenters. The Morgan fingerprint density at radius 2 is 1.50 bits per heavy atom. The highest BCUT2D eigenvalue weighted by molar-refractivity contribution is 7.86. The molecule has 3 rings (SSSR count). The van der Waals surface area contributed by atoms with Crippen molar-refractivity contribution in [3.63, 3.8) is 0 Å². The molecule has 1 saturated heterocycles. The number of hydrogen-bond acceptors (Lipinski definition) is 10. The van der Waals surface area contributed by atoms with E-state index in [9.17, 15) is 27.6 Å². The first-order chi connectivity index (χ1) is 25.0. The zero-order chi connectivity index (χ0) is 40.4. The molecule has 2 aromatic carbocycles. The fourth-order valence-corrected chi connectivity index (χ4v) is 11.9. The summed E-state index contributed by atoms with van der Waals surface area (Å²) in [6, 6.07) is 19.9. The number of esters is 1. The highest BCUT2D eigenvalue weighted by atomic mass is 32.2. The molecule has 0 unspecified atom stereocenters. The van der Waals surface area contributed by atoms with Crippen molar-refractivity contribution in [3.8, 4) is 0 Å². The lowest BCUT2D eigenvalue weighted by Gasteiger charge is -2.43. The Bertz CT molecular complexity index is 1700. The number of rotatable bonds is 19. The zero-order valence-electron chi connectivity index (χ0n) is 32.6. The van der Waals surface area contributed by atoms with Crippen LogP contribution in [0, 0.1) is 5.41 Å². The van der Waals surface area contributed by atoms with Gasteiger partial charge in [-0.25, -0.2) is 4.79 Å². The third kappa shape index (κ3) is 12.9. The van der Waals surface area contributed by atoms with E-state index in [-0.39, 0.29) is 31.3 Å². The summed E-state index contributed by atoms with van der Waals surface area (Å²) in [5.41, 5.74) is -3.14. The van der Waals surface area contributed by atoms with Crippen molar-refractivity contribution in [1.29, 1.82) is 0 Å². The molecule has 54 heavy (non-hydrogen) atoms. The second kappa shape index (κ2) is 18.2. The van der Waals surface area contributed by atoms with Gasteiger partial charge in [-0.05, 0) is 48.0 Å². The van der Waals surface area contributed by atoms with Crippen molar-refractivity contribution in [1.82, 2.24) is 10.6 Å². The summed E-state index contributed by atoms with van der Waals surface area (Å²) in [4.78, 5) is 49.2. The number of carboxylic acid groups (broad SMARTS) is 1. The van der Waals surface area contributed by atoms with Crippen LogP contribution in [0.25, 0.3) is 0 Å². The second-order valence-corrected chi connectivity index (χ2v) is 22.5. The number of nitrogens with one attached hydrogen (secondary N) is 2. The van der Waals surface area contributed by atoms with Gasteiger partial charge in [0, 0.05) is 25.2 Å². The van der Waals surface area contributed by atoms with E-state index < -0.39 is 77.0 Å². The van der Waals surface area contributed by atoms with Gasteiger partial charge in [-0.1, -0.05) is 95.3 Å². The van der Waals surface area contributed by atoms with E-state index in [0.717, 1.165) is 16.4 Å². The molecule has 0 aliphatic carbocycles. The number of benzene rings is 2. The fraction of sp³-hybridized carbons (Fsp3) is 0.538. The van der Waals surface area contributed by atoms with Crippen LogP contribution < -0.4 is 21.0 Å². The lowest BCUT2D eigenvalue weighted by molar-refractivity contribution is -0.158. The molecule has 1 fully saturated rings. The van der Waals surface area contributed by atoms with Crippen LogP contribution in [0.3, 0.4) is 0 Å². The van der Waals surface area contributed by atoms with Crippen molar-refractivity contribution < 1.29 is 50.8 Å². The Morgan fingerprint density at radius 1 is 0.926 bits per heavy atom. The molecule has 2 aromatic rings. The van der Waals surface area contributed by atoms with Crippen molar-refractivity contribution >= 4 is 52.6 Å². The van der Waals surface area contributed by atoms with E-state index in [0.29, 0.717) is 19.1 Å². The summed E-state index contributed by atoms with van der Waals surface area (Å²) < 4.78 is 49.1. The van der Waals surface area contributed by atoms with Gasteiger partial charge in [-0.15, -0.1) is 0 Å². The molecule has 0 spiro atoms. The Morgan fingerprint density at radius 3 is 2.02 bits per heavy atom. The van der Waals surface area contributed by atoms with Crippen molar-refractivity contribution in [3.05, 3.63) is 72.8 Å². The van der Waals surface area contributed by atoms with Crippen LogP contribution in [0.1, 0.15) is 74.7 Å². The molecule has 1 aliphatic heterocycles. The van der Waals surface area contributed by atoms with E-state index in [4.69, 9.17) is 23.2 Å². The maximum Gasteiger partial charge on any atom is 0.328 e. The Kier molecular flexibility index (Phi) is 15.0. The van der Waals surface area contributed by atoms with Gasteiger partial charge in [0.25, 0.3) is 18.4 Å². The van der Waals surface area contributed by atoms with Crippen molar-refractivity contribution in [2.24, 2.45) is 5.41 Å². The number of carboxylic acids is 1. The topological polar surface area (TPSA) is 184 Å². The summed E-state index contributed by atoms with van der Waals surface area (Å²) >= 11 is 0. The number of hydrogen-bond donors (Lipinski definition) is 3. The minimum Gasteiger partial charge on any atom is -0.478 e. The number of carbonyl (C=O) groups is 4. The summed E-state index contributed by atoms with van der Waals surface area (Å²) in [6.07, 6.45) is 1.29. The molecule has 0 saturated carbocycles. The summed E-state index contributed by atoms with van der Waals surface area (Å²) in [5, 5.41) is 16.1. The second-order valence-electron chi connectivity index (χ2n) is 16.4. The standard InChI is InChI=1S/C39H56N2O11SSi/c1-36(2,3)52-34(45)26-39(41-32(42)19-20-33(43)44)25-29(40-35(39)46)27-49-23-24-53(47,48)50-28-38(7,8)21-22-51-54(37(4,5)6,30-15-11-9-12-16-30)31-17-13-10-14-18-31/h9-20,29H,21-28H2,1-8H3,(H,40,46)(H,41,42)(H,43,44)/t29-,39-/m0/s1. The Balaban J connectivity index is 1.57. The first-order valence-corrected chi connectivity index (χ1v) is 21.4. The molecular weight excluding hydrogens is 733 g/mol. The highest BCUT2D eigenvalue weighted by Crippen LogP contribution is 2.37. The van der Waals surface area contributed by atoms with E-state index in [2.05, 4.69) is 55.7 Å². The van der Waals surface area contributed by atoms with Crippen LogP contribution in [0.5, 0.6) is 0 Å². The number of amides is 2. The third-order valence-electron chi connectivity index (χ3n) is 8.91. The molecule has 3 N–H and O–H groups in total. The van der Waals surface area contributed by atoms with Crippen LogP contribution in [-0.2, 0) is 47.4 Å². The summed E-state index contributed by atoms with van der Waals surface area (Å²) in [5.74, 6) is -4.13. The first kappa shape index (κ1) is 44.5. The Hall–Kier alpha value is -3.89. The first-order valence-electron chi connectivity index (χ1n) is 18.0. The van der Waals surface area contributed by atoms with Gasteiger partial charge in [-0.2, -0.15) is 8.42 Å². The average molecular weight is 789 g/mol. The molecule has 0 radical (unpaired) electrons. The Labute approximate surface area is 320 Å². The van der Waals surface area contributed by atoms with Gasteiger partial charge in [0.1, 0.15) is 11.1 Å². The van der Waals surface area contributed by atoms with E-state index >= 15 is 0 Å². The molecule has 1 aliphatic rings. The average Bonchev–Trinajstić information content (AvgIpc) is 3.36. The molecule has 13 nitrogen and oxygen atoms in total. The van der Waals surface area contributed by atoms with Gasteiger partial charge in [-0.3, -0.25) is 18.6 Å². The molecule has 1 heterocycles. The fourth-order valence-electron chi connectivity index (χ4n) is 6.35. The minimum absolute atomic E-state index is 0.0681. The van der Waals surface area contributed by atoms with Crippen LogP contribution in [0.2, 0.25) is 5.04 Å². The van der Waals surface area contributed by atoms with Crippen LogP contribution >= 0.6 is 0 Å². The molecule has 0 bridgehead atoms. The molecular formula is C39H56N2O11SSi. The maximum absolute atomic E-state index is 13.1. The normalized spacial score (nSPS) is 18.4. The molecule has 2 amide bonds. The lowest BCUT2D eigenvalue weighted by Crippen LogP contribution is -2.66. The van der Waals surface area contributed by atoms with Gasteiger partial charge in [0.15, 0.2) is 0 Å². The van der Waals surface area contributed by atoms with Gasteiger partial charge < -0.3 is 29.6 Å². The van der Waals surface area contributed by atoms with Crippen molar-refractivity contribution in [2.45, 2.75) is 96.9 Å². The lowest BCUT2D eigenvalue weighted by atomic mass is 9.90. The largest absolute Gasteiger partial charge is 0.478 e. The number of carbonyl (C=O) groups excluding carboxylic acids is 3. The predicted molar refractivity (Wildman–Crippen MR) is 207 cm³/mol. The number of ether oxygens (including phenoxy) is 2. The maximum atomic E-state index is 13.1. The highest BCUT2D eigenvalue weighted by Gasteiger charge is 2.51. The van der Waals surface area contributed by atoms with E-state index in [1.54, 1.807) is 20.8 Å². The van der Waals surface area contributed by atoms with Crippen LogP contribution in [0.4, 0.5) is 0 Å². The number of aliphatic carboxylic acids is 1. The van der Waals surface area contributed by atoms with Crippen molar-refractivity contribution in [2.75, 3.05) is 32.2 Å². The minimum atomic E-state index is -3.99. The quantitative estimate of drug-likeness (QED) is 0.0623. The summed E-state index contributed by atoms with van der Waals surface area (Å²) in [7, 11) is -6.75. The van der Waals surface area contributed by atoms with Crippen LogP contribution in [-0.4, -0.2) is 95.0 Å². The van der Waals surface area contributed by atoms with Gasteiger partial charge in [0.05, 0.1) is 38.0 Å². The third-order valence-corrected chi connectivity index (χ3v) is 15.1. The molecule has 298 valence electrons. The van der Waals surface area contributed by atoms with Gasteiger partial charge >= 0.3 is 11.9 Å². The predicted octanol–water partition coefficient (Wildman–Crippen LogP) is 3.46. The SMILES string of the molecule is CC(C)(CCO[Si](c1ccccc1)(c1ccccc1)C(C)(C)C)COS(=O)(=O)CCOC[C@@H]1C[C@@](CC(=O)OC(C)(C)C)(NC(=O)C=CC(=O)O)C(=O)N1.